The summed E-state index contributed by atoms with van der Waals surface area (Å²) in [5, 5.41) is 6.95. The molecule has 0 saturated carbocycles. The maximum absolute atomic E-state index is 13.7. The van der Waals surface area contributed by atoms with Gasteiger partial charge in [-0.1, -0.05) is 0 Å². The molecule has 0 amide bonds. The predicted molar refractivity (Wildman–Crippen MR) is 116 cm³/mol. The Morgan fingerprint density at radius 3 is 2.81 bits per heavy atom. The van der Waals surface area contributed by atoms with Gasteiger partial charge in [-0.2, -0.15) is 9.61 Å². The van der Waals surface area contributed by atoms with Gasteiger partial charge in [0.05, 0.1) is 23.4 Å². The molecular formula is C22H24FN7O. The first-order chi connectivity index (χ1) is 15.0. The minimum Gasteiger partial charge on any atom is -0.384 e. The number of nitrogen functional groups attached to an aromatic ring is 1. The van der Waals surface area contributed by atoms with E-state index < -0.39 is 0 Å². The topological polar surface area (TPSA) is 108 Å². The maximum atomic E-state index is 13.7. The molecule has 1 unspecified atom stereocenters. The molecule has 160 valence electrons. The van der Waals surface area contributed by atoms with Gasteiger partial charge >= 0.3 is 0 Å². The standard InChI is InChI=1S/C22H24FN7O/c1-13(29(25)17-4-6-31-7-5-17)20-10-21(24)30-22(28-20)18(12-27-30)15-8-14-9-16(23)2-3-19(14)26-11-15/h2-3,8-13,17H,4-7,24-25H2,1H3. The van der Waals surface area contributed by atoms with Gasteiger partial charge in [0.15, 0.2) is 5.65 Å². The number of hydrazine groups is 1. The van der Waals surface area contributed by atoms with Crippen LogP contribution in [0.15, 0.2) is 42.7 Å². The summed E-state index contributed by atoms with van der Waals surface area (Å²) in [4.78, 5) is 9.30. The molecule has 0 radical (unpaired) electrons. The molecule has 31 heavy (non-hydrogen) atoms. The van der Waals surface area contributed by atoms with Gasteiger partial charge in [-0.3, -0.25) is 10.8 Å². The fraction of sp³-hybridized carbons (Fsp3) is 0.318. The molecule has 9 heteroatoms. The molecule has 3 aromatic heterocycles. The third-order valence-corrected chi connectivity index (χ3v) is 5.96. The molecule has 4 heterocycles. The molecule has 0 bridgehead atoms. The van der Waals surface area contributed by atoms with Crippen LogP contribution < -0.4 is 11.6 Å². The summed E-state index contributed by atoms with van der Waals surface area (Å²) < 4.78 is 20.7. The lowest BCUT2D eigenvalue weighted by molar-refractivity contribution is 0.0181. The number of nitrogens with two attached hydrogens (primary N) is 2. The van der Waals surface area contributed by atoms with Crippen molar-refractivity contribution in [1.29, 1.82) is 0 Å². The summed E-state index contributed by atoms with van der Waals surface area (Å²) in [5.41, 5.74) is 9.95. The number of benzene rings is 1. The van der Waals surface area contributed by atoms with Crippen LogP contribution in [0.5, 0.6) is 0 Å². The van der Waals surface area contributed by atoms with Gasteiger partial charge in [0.2, 0.25) is 0 Å². The Kier molecular flexibility index (Phi) is 5.01. The first-order valence-electron chi connectivity index (χ1n) is 10.3. The molecule has 0 aliphatic carbocycles. The second kappa shape index (κ2) is 7.84. The Hall–Kier alpha value is -3.14. The minimum absolute atomic E-state index is 0.137. The number of hydrogen-bond donors (Lipinski definition) is 2. The van der Waals surface area contributed by atoms with Crippen molar-refractivity contribution in [1.82, 2.24) is 24.6 Å². The Morgan fingerprint density at radius 1 is 1.19 bits per heavy atom. The zero-order chi connectivity index (χ0) is 21.5. The van der Waals surface area contributed by atoms with E-state index in [0.29, 0.717) is 30.1 Å². The molecule has 8 nitrogen and oxygen atoms in total. The van der Waals surface area contributed by atoms with Crippen LogP contribution in [0.4, 0.5) is 10.2 Å². The van der Waals surface area contributed by atoms with Crippen LogP contribution >= 0.6 is 0 Å². The van der Waals surface area contributed by atoms with E-state index in [1.165, 1.54) is 12.1 Å². The highest BCUT2D eigenvalue weighted by molar-refractivity contribution is 5.87. The van der Waals surface area contributed by atoms with Crippen LogP contribution in [0.3, 0.4) is 0 Å². The van der Waals surface area contributed by atoms with Crippen LogP contribution in [0.1, 0.15) is 31.5 Å². The lowest BCUT2D eigenvalue weighted by Gasteiger charge is -2.34. The molecule has 1 saturated heterocycles. The van der Waals surface area contributed by atoms with Crippen LogP contribution in [-0.2, 0) is 4.74 Å². The Labute approximate surface area is 178 Å². The van der Waals surface area contributed by atoms with Crippen LogP contribution in [-0.4, -0.2) is 43.8 Å². The summed E-state index contributed by atoms with van der Waals surface area (Å²) in [6.07, 6.45) is 5.21. The monoisotopic (exact) mass is 421 g/mol. The molecule has 1 atom stereocenters. The number of fused-ring (bicyclic) bond motifs is 2. The van der Waals surface area contributed by atoms with E-state index in [9.17, 15) is 4.39 Å². The number of halogens is 1. The van der Waals surface area contributed by atoms with E-state index in [1.807, 2.05) is 24.1 Å². The number of hydrogen-bond acceptors (Lipinski definition) is 7. The average molecular weight is 421 g/mol. The van der Waals surface area contributed by atoms with E-state index >= 15 is 0 Å². The van der Waals surface area contributed by atoms with Crippen molar-refractivity contribution >= 4 is 22.4 Å². The SMILES string of the molecule is CC(c1cc(N)n2ncc(-c3cnc4ccc(F)cc4c3)c2n1)N(N)C1CCOCC1. The predicted octanol–water partition coefficient (Wildman–Crippen LogP) is 3.08. The first-order valence-corrected chi connectivity index (χ1v) is 10.3. The third kappa shape index (κ3) is 3.60. The fourth-order valence-corrected chi connectivity index (χ4v) is 4.13. The summed E-state index contributed by atoms with van der Waals surface area (Å²) in [6, 6.07) is 8.31. The van der Waals surface area contributed by atoms with Gasteiger partial charge in [0.1, 0.15) is 11.6 Å². The van der Waals surface area contributed by atoms with Crippen molar-refractivity contribution < 1.29 is 9.13 Å². The van der Waals surface area contributed by atoms with Crippen LogP contribution in [0.25, 0.3) is 27.7 Å². The van der Waals surface area contributed by atoms with E-state index in [-0.39, 0.29) is 17.9 Å². The summed E-state index contributed by atoms with van der Waals surface area (Å²) in [7, 11) is 0. The number of pyridine rings is 1. The summed E-state index contributed by atoms with van der Waals surface area (Å²) in [6.45, 7) is 3.44. The van der Waals surface area contributed by atoms with Crippen molar-refractivity contribution in [3.05, 3.63) is 54.2 Å². The minimum atomic E-state index is -0.305. The molecular weight excluding hydrogens is 397 g/mol. The highest BCUT2D eigenvalue weighted by atomic mass is 19.1. The van der Waals surface area contributed by atoms with Crippen LogP contribution in [0, 0.1) is 5.82 Å². The quantitative estimate of drug-likeness (QED) is 0.385. The Morgan fingerprint density at radius 2 is 2.00 bits per heavy atom. The highest BCUT2D eigenvalue weighted by Gasteiger charge is 2.26. The van der Waals surface area contributed by atoms with Crippen molar-refractivity contribution in [2.45, 2.75) is 31.8 Å². The van der Waals surface area contributed by atoms with E-state index in [0.717, 1.165) is 35.2 Å². The molecule has 1 aliphatic heterocycles. The Balaban J connectivity index is 1.55. The molecule has 4 N–H and O–H groups in total. The molecule has 5 rings (SSSR count). The van der Waals surface area contributed by atoms with Gasteiger partial charge in [0, 0.05) is 48.0 Å². The molecule has 1 fully saturated rings. The first kappa shape index (κ1) is 19.8. The van der Waals surface area contributed by atoms with Crippen molar-refractivity contribution in [2.24, 2.45) is 5.84 Å². The third-order valence-electron chi connectivity index (χ3n) is 5.96. The van der Waals surface area contributed by atoms with Crippen LogP contribution in [0.2, 0.25) is 0 Å². The lowest BCUT2D eigenvalue weighted by atomic mass is 10.1. The fourth-order valence-electron chi connectivity index (χ4n) is 4.13. The molecule has 4 aromatic rings. The van der Waals surface area contributed by atoms with Gasteiger partial charge in [-0.25, -0.2) is 14.4 Å². The summed E-state index contributed by atoms with van der Waals surface area (Å²) >= 11 is 0. The number of anilines is 1. The number of ether oxygens (including phenoxy) is 1. The van der Waals surface area contributed by atoms with Gasteiger partial charge < -0.3 is 10.5 Å². The lowest BCUT2D eigenvalue weighted by Crippen LogP contribution is -2.45. The summed E-state index contributed by atoms with van der Waals surface area (Å²) in [5.74, 6) is 6.61. The highest BCUT2D eigenvalue weighted by Crippen LogP contribution is 2.30. The van der Waals surface area contributed by atoms with E-state index in [2.05, 4.69) is 10.1 Å². The van der Waals surface area contributed by atoms with Gasteiger partial charge in [-0.05, 0) is 44.0 Å². The van der Waals surface area contributed by atoms with Crippen molar-refractivity contribution in [3.8, 4) is 11.1 Å². The van der Waals surface area contributed by atoms with Crippen molar-refractivity contribution in [3.63, 3.8) is 0 Å². The number of nitrogens with zero attached hydrogens (tertiary/aromatic N) is 5. The van der Waals surface area contributed by atoms with E-state index in [4.69, 9.17) is 21.3 Å². The second-order valence-electron chi connectivity index (χ2n) is 7.93. The maximum Gasteiger partial charge on any atom is 0.165 e. The zero-order valence-corrected chi connectivity index (χ0v) is 17.2. The largest absolute Gasteiger partial charge is 0.384 e. The smallest absolute Gasteiger partial charge is 0.165 e. The van der Waals surface area contributed by atoms with Gasteiger partial charge in [-0.15, -0.1) is 0 Å². The Bertz CT molecular complexity index is 1250. The zero-order valence-electron chi connectivity index (χ0n) is 17.2. The molecule has 1 aromatic carbocycles. The van der Waals surface area contributed by atoms with E-state index in [1.54, 1.807) is 23.0 Å². The van der Waals surface area contributed by atoms with Gasteiger partial charge in [0.25, 0.3) is 0 Å². The van der Waals surface area contributed by atoms with Crippen molar-refractivity contribution in [2.75, 3.05) is 18.9 Å². The average Bonchev–Trinajstić information content (AvgIpc) is 3.23. The number of aromatic nitrogens is 4. The number of rotatable bonds is 4. The normalized spacial score (nSPS) is 16.4. The molecule has 0 spiro atoms. The second-order valence-corrected chi connectivity index (χ2v) is 7.93. The molecule has 1 aliphatic rings.